The number of benzene rings is 1. The van der Waals surface area contributed by atoms with Gasteiger partial charge in [-0.05, 0) is 39.0 Å². The first kappa shape index (κ1) is 15.0. The molecule has 2 aromatic rings. The molecule has 0 bridgehead atoms. The summed E-state index contributed by atoms with van der Waals surface area (Å²) in [7, 11) is 1.54. The quantitative estimate of drug-likeness (QED) is 0.868. The van der Waals surface area contributed by atoms with E-state index in [4.69, 9.17) is 4.74 Å². The van der Waals surface area contributed by atoms with E-state index in [-0.39, 0.29) is 17.9 Å². The zero-order valence-electron chi connectivity index (χ0n) is 12.2. The van der Waals surface area contributed by atoms with Crippen molar-refractivity contribution in [3.8, 4) is 5.75 Å². The molecule has 0 amide bonds. The van der Waals surface area contributed by atoms with Crippen molar-refractivity contribution in [3.05, 3.63) is 51.5 Å². The van der Waals surface area contributed by atoms with E-state index in [2.05, 4.69) is 31.3 Å². The van der Waals surface area contributed by atoms with Crippen LogP contribution < -0.4 is 10.1 Å². The minimum atomic E-state index is -0.237. The van der Waals surface area contributed by atoms with Gasteiger partial charge in [0.05, 0.1) is 7.11 Å². The third-order valence-corrected chi connectivity index (χ3v) is 4.55. The largest absolute Gasteiger partial charge is 0.497 e. The molecule has 1 aromatic heterocycles. The molecular weight excluding hydrogens is 273 g/mol. The zero-order chi connectivity index (χ0) is 14.7. The standard InChI is InChI=1S/C16H20FNOS/c1-10-5-8-16(20-10)12(3)18-11(2)14-7-6-13(19-4)9-15(14)17/h5-9,11-12,18H,1-4H3. The van der Waals surface area contributed by atoms with Crippen LogP contribution in [0.25, 0.3) is 0 Å². The van der Waals surface area contributed by atoms with Gasteiger partial charge in [0.2, 0.25) is 0 Å². The van der Waals surface area contributed by atoms with Gasteiger partial charge in [0.15, 0.2) is 0 Å². The summed E-state index contributed by atoms with van der Waals surface area (Å²) in [6.07, 6.45) is 0. The fraction of sp³-hybridized carbons (Fsp3) is 0.375. The Morgan fingerprint density at radius 2 is 1.90 bits per heavy atom. The first-order chi connectivity index (χ1) is 9.51. The van der Waals surface area contributed by atoms with Crippen LogP contribution >= 0.6 is 11.3 Å². The van der Waals surface area contributed by atoms with Crippen molar-refractivity contribution in [2.75, 3.05) is 7.11 Å². The van der Waals surface area contributed by atoms with Gasteiger partial charge >= 0.3 is 0 Å². The van der Waals surface area contributed by atoms with Crippen LogP contribution in [0.3, 0.4) is 0 Å². The predicted molar refractivity (Wildman–Crippen MR) is 82.0 cm³/mol. The molecular formula is C16H20FNOS. The van der Waals surface area contributed by atoms with Crippen molar-refractivity contribution in [1.82, 2.24) is 5.32 Å². The molecule has 0 spiro atoms. The zero-order valence-corrected chi connectivity index (χ0v) is 13.1. The third kappa shape index (κ3) is 3.38. The minimum absolute atomic E-state index is 0.0571. The van der Waals surface area contributed by atoms with E-state index in [1.165, 1.54) is 22.9 Å². The minimum Gasteiger partial charge on any atom is -0.497 e. The fourth-order valence-corrected chi connectivity index (χ4v) is 3.11. The summed E-state index contributed by atoms with van der Waals surface area (Å²) in [4.78, 5) is 2.56. The second kappa shape index (κ2) is 6.37. The number of nitrogens with one attached hydrogen (secondary N) is 1. The van der Waals surface area contributed by atoms with E-state index >= 15 is 0 Å². The van der Waals surface area contributed by atoms with Crippen molar-refractivity contribution in [2.24, 2.45) is 0 Å². The number of hydrogen-bond donors (Lipinski definition) is 1. The van der Waals surface area contributed by atoms with E-state index in [0.29, 0.717) is 11.3 Å². The van der Waals surface area contributed by atoms with Crippen LogP contribution in [0, 0.1) is 12.7 Å². The summed E-state index contributed by atoms with van der Waals surface area (Å²) < 4.78 is 19.1. The Labute approximate surface area is 123 Å². The number of aryl methyl sites for hydroxylation is 1. The summed E-state index contributed by atoms with van der Waals surface area (Å²) >= 11 is 1.77. The van der Waals surface area contributed by atoms with E-state index in [1.807, 2.05) is 6.92 Å². The van der Waals surface area contributed by atoms with Gasteiger partial charge in [-0.25, -0.2) is 4.39 Å². The molecule has 2 rings (SSSR count). The Hall–Kier alpha value is -1.39. The van der Waals surface area contributed by atoms with E-state index in [1.54, 1.807) is 23.5 Å². The summed E-state index contributed by atoms with van der Waals surface area (Å²) in [5.74, 6) is 0.305. The highest BCUT2D eigenvalue weighted by atomic mass is 32.1. The summed E-state index contributed by atoms with van der Waals surface area (Å²) in [5, 5.41) is 3.43. The Bertz CT molecular complexity index is 582. The lowest BCUT2D eigenvalue weighted by Crippen LogP contribution is -2.22. The Kier molecular flexibility index (Phi) is 4.78. The second-order valence-electron chi connectivity index (χ2n) is 4.95. The number of rotatable bonds is 5. The van der Waals surface area contributed by atoms with Crippen LogP contribution in [0.15, 0.2) is 30.3 Å². The first-order valence-electron chi connectivity index (χ1n) is 6.67. The van der Waals surface area contributed by atoms with Crippen LogP contribution in [0.4, 0.5) is 4.39 Å². The van der Waals surface area contributed by atoms with Gasteiger partial charge < -0.3 is 10.1 Å². The number of halogens is 1. The Morgan fingerprint density at radius 1 is 1.15 bits per heavy atom. The van der Waals surface area contributed by atoms with Gasteiger partial charge in [0, 0.05) is 33.5 Å². The van der Waals surface area contributed by atoms with Crippen LogP contribution in [0.2, 0.25) is 0 Å². The van der Waals surface area contributed by atoms with Crippen LogP contribution in [0.1, 0.15) is 41.2 Å². The molecule has 0 radical (unpaired) electrons. The lowest BCUT2D eigenvalue weighted by atomic mass is 10.1. The average Bonchev–Trinajstić information content (AvgIpc) is 2.85. The van der Waals surface area contributed by atoms with Gasteiger partial charge in [0.25, 0.3) is 0 Å². The number of thiophene rings is 1. The van der Waals surface area contributed by atoms with Crippen molar-refractivity contribution in [3.63, 3.8) is 0 Å². The lowest BCUT2D eigenvalue weighted by molar-refractivity contribution is 0.408. The van der Waals surface area contributed by atoms with Crippen molar-refractivity contribution in [2.45, 2.75) is 32.9 Å². The molecule has 2 unspecified atom stereocenters. The maximum Gasteiger partial charge on any atom is 0.131 e. The SMILES string of the molecule is COc1ccc(C(C)NC(C)c2ccc(C)s2)c(F)c1. The molecule has 0 aliphatic heterocycles. The lowest BCUT2D eigenvalue weighted by Gasteiger charge is -2.20. The average molecular weight is 293 g/mol. The third-order valence-electron chi connectivity index (χ3n) is 3.36. The molecule has 4 heteroatoms. The number of ether oxygens (including phenoxy) is 1. The van der Waals surface area contributed by atoms with Gasteiger partial charge in [-0.15, -0.1) is 11.3 Å². The van der Waals surface area contributed by atoms with Gasteiger partial charge in [-0.1, -0.05) is 6.07 Å². The summed E-state index contributed by atoms with van der Waals surface area (Å²) in [5.41, 5.74) is 0.658. The first-order valence-corrected chi connectivity index (χ1v) is 7.48. The van der Waals surface area contributed by atoms with E-state index in [0.717, 1.165) is 0 Å². The second-order valence-corrected chi connectivity index (χ2v) is 6.27. The van der Waals surface area contributed by atoms with Crippen LogP contribution in [-0.2, 0) is 0 Å². The maximum atomic E-state index is 14.0. The van der Waals surface area contributed by atoms with Crippen LogP contribution in [-0.4, -0.2) is 7.11 Å². The molecule has 0 saturated heterocycles. The monoisotopic (exact) mass is 293 g/mol. The molecule has 0 fully saturated rings. The van der Waals surface area contributed by atoms with Gasteiger partial charge in [-0.3, -0.25) is 0 Å². The van der Waals surface area contributed by atoms with Crippen molar-refractivity contribution in [1.29, 1.82) is 0 Å². The molecule has 1 N–H and O–H groups in total. The topological polar surface area (TPSA) is 21.3 Å². The molecule has 1 heterocycles. The molecule has 20 heavy (non-hydrogen) atoms. The van der Waals surface area contributed by atoms with Gasteiger partial charge in [0.1, 0.15) is 11.6 Å². The molecule has 2 nitrogen and oxygen atoms in total. The van der Waals surface area contributed by atoms with Crippen LogP contribution in [0.5, 0.6) is 5.75 Å². The Morgan fingerprint density at radius 3 is 2.45 bits per heavy atom. The molecule has 2 atom stereocenters. The molecule has 0 saturated carbocycles. The van der Waals surface area contributed by atoms with Crippen molar-refractivity contribution >= 4 is 11.3 Å². The van der Waals surface area contributed by atoms with E-state index in [9.17, 15) is 4.39 Å². The van der Waals surface area contributed by atoms with Gasteiger partial charge in [-0.2, -0.15) is 0 Å². The highest BCUT2D eigenvalue weighted by Gasteiger charge is 2.16. The van der Waals surface area contributed by atoms with Crippen molar-refractivity contribution < 1.29 is 9.13 Å². The number of hydrogen-bond acceptors (Lipinski definition) is 3. The summed E-state index contributed by atoms with van der Waals surface area (Å²) in [6.45, 7) is 6.17. The smallest absolute Gasteiger partial charge is 0.131 e. The summed E-state index contributed by atoms with van der Waals surface area (Å²) in [6, 6.07) is 9.36. The number of methoxy groups -OCH3 is 1. The predicted octanol–water partition coefficient (Wildman–Crippen LogP) is 4.62. The molecule has 0 aliphatic carbocycles. The van der Waals surface area contributed by atoms with E-state index < -0.39 is 0 Å². The molecule has 0 aliphatic rings. The highest BCUT2D eigenvalue weighted by Crippen LogP contribution is 2.27. The highest BCUT2D eigenvalue weighted by molar-refractivity contribution is 7.12. The molecule has 1 aromatic carbocycles. The normalized spacial score (nSPS) is 14.1. The fourth-order valence-electron chi connectivity index (χ4n) is 2.22. The molecule has 108 valence electrons. The Balaban J connectivity index is 2.09. The maximum absolute atomic E-state index is 14.0.